The van der Waals surface area contributed by atoms with Gasteiger partial charge in [-0.3, -0.25) is 0 Å². The van der Waals surface area contributed by atoms with Crippen LogP contribution in [-0.2, 0) is 4.74 Å². The standard InChI is InChI=1S/C17H27NO/c1-5-19-17(10-6-7-11-17)16(18-4)15-9-8-13(2)12-14(15)3/h8-9,12,16,18H,5-7,10-11H2,1-4H3. The third kappa shape index (κ3) is 2.85. The molecule has 1 aliphatic carbocycles. The number of aryl methyl sites for hydroxylation is 2. The Morgan fingerprint density at radius 1 is 1.26 bits per heavy atom. The molecular formula is C17H27NO. The molecule has 19 heavy (non-hydrogen) atoms. The van der Waals surface area contributed by atoms with Crippen molar-refractivity contribution in [3.63, 3.8) is 0 Å². The number of rotatable bonds is 5. The van der Waals surface area contributed by atoms with E-state index in [0.717, 1.165) is 6.61 Å². The summed E-state index contributed by atoms with van der Waals surface area (Å²) >= 11 is 0. The first-order valence-electron chi connectivity index (χ1n) is 7.51. The summed E-state index contributed by atoms with van der Waals surface area (Å²) in [7, 11) is 2.06. The van der Waals surface area contributed by atoms with E-state index in [4.69, 9.17) is 4.74 Å². The highest BCUT2D eigenvalue weighted by Crippen LogP contribution is 2.43. The normalized spacial score (nSPS) is 19.6. The molecular weight excluding hydrogens is 234 g/mol. The molecule has 0 heterocycles. The van der Waals surface area contributed by atoms with Gasteiger partial charge in [0.2, 0.25) is 0 Å². The van der Waals surface area contributed by atoms with Crippen LogP contribution in [-0.4, -0.2) is 19.3 Å². The van der Waals surface area contributed by atoms with Crippen molar-refractivity contribution in [1.29, 1.82) is 0 Å². The lowest BCUT2D eigenvalue weighted by Gasteiger charge is -2.38. The minimum atomic E-state index is -0.0104. The van der Waals surface area contributed by atoms with Crippen LogP contribution in [0.5, 0.6) is 0 Å². The fourth-order valence-electron chi connectivity index (χ4n) is 3.63. The van der Waals surface area contributed by atoms with Crippen LogP contribution in [0, 0.1) is 13.8 Å². The van der Waals surface area contributed by atoms with E-state index in [1.807, 2.05) is 0 Å². The number of benzene rings is 1. The van der Waals surface area contributed by atoms with E-state index < -0.39 is 0 Å². The van der Waals surface area contributed by atoms with E-state index in [1.165, 1.54) is 42.4 Å². The Morgan fingerprint density at radius 2 is 1.95 bits per heavy atom. The molecule has 1 fully saturated rings. The van der Waals surface area contributed by atoms with Crippen molar-refractivity contribution >= 4 is 0 Å². The molecule has 0 spiro atoms. The van der Waals surface area contributed by atoms with Crippen LogP contribution < -0.4 is 5.32 Å². The number of likely N-dealkylation sites (N-methyl/N-ethyl adjacent to an activating group) is 1. The van der Waals surface area contributed by atoms with Gasteiger partial charge in [-0.1, -0.05) is 36.6 Å². The largest absolute Gasteiger partial charge is 0.373 e. The second-order valence-electron chi connectivity index (χ2n) is 5.79. The molecule has 1 aliphatic rings. The molecule has 1 unspecified atom stereocenters. The zero-order valence-corrected chi connectivity index (χ0v) is 12.8. The third-order valence-electron chi connectivity index (χ3n) is 4.43. The quantitative estimate of drug-likeness (QED) is 0.867. The molecule has 1 saturated carbocycles. The average molecular weight is 261 g/mol. The average Bonchev–Trinajstić information content (AvgIpc) is 2.83. The fourth-order valence-corrected chi connectivity index (χ4v) is 3.63. The minimum absolute atomic E-state index is 0.0104. The highest BCUT2D eigenvalue weighted by Gasteiger charge is 2.42. The zero-order valence-electron chi connectivity index (χ0n) is 12.8. The van der Waals surface area contributed by atoms with Gasteiger partial charge in [0, 0.05) is 6.61 Å². The van der Waals surface area contributed by atoms with Gasteiger partial charge in [-0.15, -0.1) is 0 Å². The summed E-state index contributed by atoms with van der Waals surface area (Å²) in [5.74, 6) is 0. The van der Waals surface area contributed by atoms with Gasteiger partial charge in [0.25, 0.3) is 0 Å². The summed E-state index contributed by atoms with van der Waals surface area (Å²) in [5, 5.41) is 3.52. The summed E-state index contributed by atoms with van der Waals surface area (Å²) in [4.78, 5) is 0. The van der Waals surface area contributed by atoms with Gasteiger partial charge in [-0.25, -0.2) is 0 Å². The topological polar surface area (TPSA) is 21.3 Å². The van der Waals surface area contributed by atoms with E-state index in [2.05, 4.69) is 51.3 Å². The zero-order chi connectivity index (χ0) is 13.9. The molecule has 0 saturated heterocycles. The molecule has 2 heteroatoms. The van der Waals surface area contributed by atoms with Crippen molar-refractivity contribution in [3.05, 3.63) is 34.9 Å². The Bertz CT molecular complexity index is 421. The molecule has 0 aromatic heterocycles. The van der Waals surface area contributed by atoms with Gasteiger partial charge in [0.1, 0.15) is 0 Å². The van der Waals surface area contributed by atoms with Crippen molar-refractivity contribution in [2.75, 3.05) is 13.7 Å². The molecule has 1 aromatic carbocycles. The summed E-state index contributed by atoms with van der Waals surface area (Å²) in [6.45, 7) is 7.26. The van der Waals surface area contributed by atoms with Gasteiger partial charge in [0.15, 0.2) is 0 Å². The fraction of sp³-hybridized carbons (Fsp3) is 0.647. The van der Waals surface area contributed by atoms with Crippen LogP contribution in [0.15, 0.2) is 18.2 Å². The smallest absolute Gasteiger partial charge is 0.0876 e. The Hall–Kier alpha value is -0.860. The van der Waals surface area contributed by atoms with Crippen LogP contribution >= 0.6 is 0 Å². The lowest BCUT2D eigenvalue weighted by molar-refractivity contribution is -0.0611. The number of nitrogens with one attached hydrogen (secondary N) is 1. The maximum Gasteiger partial charge on any atom is 0.0876 e. The first-order valence-corrected chi connectivity index (χ1v) is 7.51. The Labute approximate surface area is 117 Å². The first kappa shape index (κ1) is 14.5. The van der Waals surface area contributed by atoms with Crippen molar-refractivity contribution in [2.45, 2.75) is 58.1 Å². The monoisotopic (exact) mass is 261 g/mol. The Balaban J connectivity index is 2.36. The van der Waals surface area contributed by atoms with E-state index >= 15 is 0 Å². The summed E-state index contributed by atoms with van der Waals surface area (Å²) in [5.41, 5.74) is 4.07. The number of hydrogen-bond acceptors (Lipinski definition) is 2. The van der Waals surface area contributed by atoms with Gasteiger partial charge in [-0.05, 0) is 51.8 Å². The molecule has 106 valence electrons. The van der Waals surface area contributed by atoms with Crippen molar-refractivity contribution in [3.8, 4) is 0 Å². The Morgan fingerprint density at radius 3 is 2.47 bits per heavy atom. The van der Waals surface area contributed by atoms with Gasteiger partial charge >= 0.3 is 0 Å². The van der Waals surface area contributed by atoms with Crippen LogP contribution in [0.4, 0.5) is 0 Å². The third-order valence-corrected chi connectivity index (χ3v) is 4.43. The van der Waals surface area contributed by atoms with E-state index in [1.54, 1.807) is 0 Å². The van der Waals surface area contributed by atoms with Crippen LogP contribution in [0.2, 0.25) is 0 Å². The number of hydrogen-bond donors (Lipinski definition) is 1. The summed E-state index contributed by atoms with van der Waals surface area (Å²) in [6, 6.07) is 7.05. The lowest BCUT2D eigenvalue weighted by Crippen LogP contribution is -2.43. The second-order valence-corrected chi connectivity index (χ2v) is 5.79. The van der Waals surface area contributed by atoms with Crippen LogP contribution in [0.25, 0.3) is 0 Å². The van der Waals surface area contributed by atoms with Gasteiger partial charge in [-0.2, -0.15) is 0 Å². The van der Waals surface area contributed by atoms with Crippen molar-refractivity contribution < 1.29 is 4.74 Å². The first-order chi connectivity index (χ1) is 9.13. The maximum atomic E-state index is 6.22. The van der Waals surface area contributed by atoms with E-state index in [0.29, 0.717) is 6.04 Å². The molecule has 2 rings (SSSR count). The minimum Gasteiger partial charge on any atom is -0.373 e. The number of ether oxygens (including phenoxy) is 1. The van der Waals surface area contributed by atoms with E-state index in [9.17, 15) is 0 Å². The SMILES string of the molecule is CCOC1(C(NC)c2ccc(C)cc2C)CCCC1. The maximum absolute atomic E-state index is 6.22. The highest BCUT2D eigenvalue weighted by molar-refractivity contribution is 5.34. The molecule has 0 amide bonds. The second kappa shape index (κ2) is 6.06. The Kier molecular flexibility index (Phi) is 4.64. The summed E-state index contributed by atoms with van der Waals surface area (Å²) < 4.78 is 6.22. The summed E-state index contributed by atoms with van der Waals surface area (Å²) in [6.07, 6.45) is 4.89. The predicted molar refractivity (Wildman–Crippen MR) is 80.5 cm³/mol. The molecule has 2 nitrogen and oxygen atoms in total. The predicted octanol–water partition coefficient (Wildman–Crippen LogP) is 3.91. The van der Waals surface area contributed by atoms with Gasteiger partial charge < -0.3 is 10.1 Å². The molecule has 1 atom stereocenters. The highest BCUT2D eigenvalue weighted by atomic mass is 16.5. The molecule has 1 aromatic rings. The van der Waals surface area contributed by atoms with Crippen molar-refractivity contribution in [1.82, 2.24) is 5.32 Å². The van der Waals surface area contributed by atoms with Crippen LogP contribution in [0.1, 0.15) is 55.3 Å². The lowest BCUT2D eigenvalue weighted by atomic mass is 9.84. The molecule has 0 aliphatic heterocycles. The molecule has 1 N–H and O–H groups in total. The van der Waals surface area contributed by atoms with E-state index in [-0.39, 0.29) is 5.60 Å². The molecule has 0 bridgehead atoms. The van der Waals surface area contributed by atoms with Gasteiger partial charge in [0.05, 0.1) is 11.6 Å². The van der Waals surface area contributed by atoms with Crippen molar-refractivity contribution in [2.24, 2.45) is 0 Å². The molecule has 0 radical (unpaired) electrons. The van der Waals surface area contributed by atoms with Crippen LogP contribution in [0.3, 0.4) is 0 Å².